The van der Waals surface area contributed by atoms with Crippen LogP contribution in [0.5, 0.6) is 0 Å². The highest BCUT2D eigenvalue weighted by atomic mass is 16.5. The zero-order valence-corrected chi connectivity index (χ0v) is 7.15. The van der Waals surface area contributed by atoms with Crippen LogP contribution in [-0.2, 0) is 4.74 Å². The summed E-state index contributed by atoms with van der Waals surface area (Å²) in [7, 11) is 0. The van der Waals surface area contributed by atoms with Crippen LogP contribution in [-0.4, -0.2) is 6.61 Å². The summed E-state index contributed by atoms with van der Waals surface area (Å²) >= 11 is 0. The average Bonchev–Trinajstić information content (AvgIpc) is 1.87. The molecule has 0 amide bonds. The number of ether oxygens (including phenoxy) is 1. The van der Waals surface area contributed by atoms with E-state index in [2.05, 4.69) is 13.5 Å². The molecular formula is C9H18O. The van der Waals surface area contributed by atoms with Crippen LogP contribution in [0.3, 0.4) is 0 Å². The summed E-state index contributed by atoms with van der Waals surface area (Å²) in [6.45, 7) is 8.59. The Labute approximate surface area is 64.1 Å². The second-order valence-electron chi connectivity index (χ2n) is 2.61. The predicted molar refractivity (Wildman–Crippen MR) is 44.9 cm³/mol. The minimum atomic E-state index is 0.830. The van der Waals surface area contributed by atoms with E-state index in [0.717, 1.165) is 12.4 Å². The lowest BCUT2D eigenvalue weighted by Crippen LogP contribution is -1.90. The van der Waals surface area contributed by atoms with Crippen molar-refractivity contribution in [3.8, 4) is 0 Å². The molecule has 0 atom stereocenters. The molecule has 60 valence electrons. The summed E-state index contributed by atoms with van der Waals surface area (Å²) in [5.74, 6) is 0.830. The van der Waals surface area contributed by atoms with Gasteiger partial charge in [-0.2, -0.15) is 0 Å². The highest BCUT2D eigenvalue weighted by Crippen LogP contribution is 2.00. The van der Waals surface area contributed by atoms with Crippen LogP contribution >= 0.6 is 0 Å². The fourth-order valence-electron chi connectivity index (χ4n) is 0.775. The fraction of sp³-hybridized carbons (Fsp3) is 0.778. The van der Waals surface area contributed by atoms with Gasteiger partial charge < -0.3 is 4.74 Å². The van der Waals surface area contributed by atoms with Crippen LogP contribution in [0.4, 0.5) is 0 Å². The van der Waals surface area contributed by atoms with Gasteiger partial charge in [0.15, 0.2) is 0 Å². The number of hydrogen-bond acceptors (Lipinski definition) is 1. The van der Waals surface area contributed by atoms with Crippen LogP contribution < -0.4 is 0 Å². The van der Waals surface area contributed by atoms with E-state index in [0.29, 0.717) is 0 Å². The largest absolute Gasteiger partial charge is 0.499 e. The van der Waals surface area contributed by atoms with Crippen molar-refractivity contribution in [2.75, 3.05) is 6.61 Å². The van der Waals surface area contributed by atoms with E-state index < -0.39 is 0 Å². The Kier molecular flexibility index (Phi) is 6.35. The molecular weight excluding hydrogens is 124 g/mol. The minimum absolute atomic E-state index is 0.830. The van der Waals surface area contributed by atoms with Crippen LogP contribution in [0.15, 0.2) is 12.3 Å². The molecule has 0 aliphatic carbocycles. The number of rotatable bonds is 6. The van der Waals surface area contributed by atoms with Crippen molar-refractivity contribution in [1.29, 1.82) is 0 Å². The fourth-order valence-corrected chi connectivity index (χ4v) is 0.775. The van der Waals surface area contributed by atoms with Crippen molar-refractivity contribution in [2.24, 2.45) is 0 Å². The van der Waals surface area contributed by atoms with Crippen molar-refractivity contribution in [1.82, 2.24) is 0 Å². The highest BCUT2D eigenvalue weighted by molar-refractivity contribution is 4.72. The molecule has 0 spiro atoms. The quantitative estimate of drug-likeness (QED) is 0.409. The number of unbranched alkanes of at least 4 members (excludes halogenated alkanes) is 3. The first kappa shape index (κ1) is 9.54. The van der Waals surface area contributed by atoms with Gasteiger partial charge in [-0.05, 0) is 13.3 Å². The maximum Gasteiger partial charge on any atom is 0.0876 e. The average molecular weight is 142 g/mol. The monoisotopic (exact) mass is 142 g/mol. The molecule has 1 nitrogen and oxygen atoms in total. The summed E-state index contributed by atoms with van der Waals surface area (Å²) in [6, 6.07) is 0. The van der Waals surface area contributed by atoms with Crippen molar-refractivity contribution >= 4 is 0 Å². The molecule has 0 rings (SSSR count). The Hall–Kier alpha value is -0.460. The van der Waals surface area contributed by atoms with Crippen LogP contribution in [0.2, 0.25) is 0 Å². The maximum atomic E-state index is 5.19. The number of allylic oxidation sites excluding steroid dienone is 1. The Morgan fingerprint density at radius 2 is 2.00 bits per heavy atom. The Balaban J connectivity index is 2.84. The SMILES string of the molecule is C=C(C)OCCCCCC. The first-order valence-electron chi connectivity index (χ1n) is 4.05. The highest BCUT2D eigenvalue weighted by Gasteiger charge is 1.87. The predicted octanol–water partition coefficient (Wildman–Crippen LogP) is 3.12. The van der Waals surface area contributed by atoms with Gasteiger partial charge in [0, 0.05) is 0 Å². The minimum Gasteiger partial charge on any atom is -0.499 e. The molecule has 0 heterocycles. The van der Waals surface area contributed by atoms with E-state index in [-0.39, 0.29) is 0 Å². The summed E-state index contributed by atoms with van der Waals surface area (Å²) < 4.78 is 5.19. The molecule has 0 aliphatic heterocycles. The second kappa shape index (κ2) is 6.66. The van der Waals surface area contributed by atoms with Gasteiger partial charge in [-0.15, -0.1) is 0 Å². The molecule has 0 fully saturated rings. The van der Waals surface area contributed by atoms with E-state index in [9.17, 15) is 0 Å². The van der Waals surface area contributed by atoms with Crippen LogP contribution in [0, 0.1) is 0 Å². The zero-order valence-electron chi connectivity index (χ0n) is 7.15. The topological polar surface area (TPSA) is 9.23 Å². The van der Waals surface area contributed by atoms with E-state index in [1.807, 2.05) is 6.92 Å². The van der Waals surface area contributed by atoms with Crippen LogP contribution in [0.1, 0.15) is 39.5 Å². The molecule has 0 aromatic carbocycles. The smallest absolute Gasteiger partial charge is 0.0876 e. The van der Waals surface area contributed by atoms with Crippen molar-refractivity contribution in [2.45, 2.75) is 39.5 Å². The molecule has 0 aromatic rings. The van der Waals surface area contributed by atoms with Crippen molar-refractivity contribution in [3.05, 3.63) is 12.3 Å². The van der Waals surface area contributed by atoms with Gasteiger partial charge in [0.2, 0.25) is 0 Å². The number of hydrogen-bond donors (Lipinski definition) is 0. The third-order valence-corrected chi connectivity index (χ3v) is 1.35. The molecule has 0 bridgehead atoms. The third-order valence-electron chi connectivity index (χ3n) is 1.35. The molecule has 0 radical (unpaired) electrons. The second-order valence-corrected chi connectivity index (χ2v) is 2.61. The zero-order chi connectivity index (χ0) is 7.82. The molecule has 0 saturated heterocycles. The lowest BCUT2D eigenvalue weighted by Gasteiger charge is -2.02. The van der Waals surface area contributed by atoms with Gasteiger partial charge in [0.05, 0.1) is 12.4 Å². The van der Waals surface area contributed by atoms with E-state index in [4.69, 9.17) is 4.74 Å². The van der Waals surface area contributed by atoms with Crippen molar-refractivity contribution < 1.29 is 4.74 Å². The maximum absolute atomic E-state index is 5.19. The van der Waals surface area contributed by atoms with Gasteiger partial charge in [0.1, 0.15) is 0 Å². The Bertz CT molecular complexity index is 86.7. The first-order valence-corrected chi connectivity index (χ1v) is 4.05. The van der Waals surface area contributed by atoms with E-state index in [1.165, 1.54) is 25.7 Å². The molecule has 0 N–H and O–H groups in total. The molecule has 10 heavy (non-hydrogen) atoms. The standard InChI is InChI=1S/C9H18O/c1-4-5-6-7-8-10-9(2)3/h2,4-8H2,1,3H3. The summed E-state index contributed by atoms with van der Waals surface area (Å²) in [6.07, 6.45) is 5.05. The Morgan fingerprint density at radius 3 is 2.50 bits per heavy atom. The van der Waals surface area contributed by atoms with Gasteiger partial charge in [-0.1, -0.05) is 32.8 Å². The van der Waals surface area contributed by atoms with E-state index in [1.54, 1.807) is 0 Å². The lowest BCUT2D eigenvalue weighted by molar-refractivity contribution is 0.208. The van der Waals surface area contributed by atoms with E-state index >= 15 is 0 Å². The van der Waals surface area contributed by atoms with Gasteiger partial charge in [-0.25, -0.2) is 0 Å². The molecule has 0 aromatic heterocycles. The summed E-state index contributed by atoms with van der Waals surface area (Å²) in [5, 5.41) is 0. The van der Waals surface area contributed by atoms with Gasteiger partial charge in [0.25, 0.3) is 0 Å². The molecule has 0 saturated carbocycles. The molecule has 0 unspecified atom stereocenters. The molecule has 1 heteroatoms. The molecule has 0 aliphatic rings. The van der Waals surface area contributed by atoms with Gasteiger partial charge in [-0.3, -0.25) is 0 Å². The normalized spacial score (nSPS) is 9.40. The first-order chi connectivity index (χ1) is 4.77. The lowest BCUT2D eigenvalue weighted by atomic mass is 10.2. The summed E-state index contributed by atoms with van der Waals surface area (Å²) in [5.41, 5.74) is 0. The van der Waals surface area contributed by atoms with Gasteiger partial charge >= 0.3 is 0 Å². The van der Waals surface area contributed by atoms with Crippen molar-refractivity contribution in [3.63, 3.8) is 0 Å². The third kappa shape index (κ3) is 7.54. The Morgan fingerprint density at radius 1 is 1.30 bits per heavy atom. The summed E-state index contributed by atoms with van der Waals surface area (Å²) in [4.78, 5) is 0. The van der Waals surface area contributed by atoms with Crippen LogP contribution in [0.25, 0.3) is 0 Å².